The molecule has 1 N–H and O–H groups in total. The molecule has 0 fully saturated rings. The number of aliphatic hydroxyl groups is 1. The SMILES string of the molecule is CC(O)CC(C)Oc1ccc(Cc2ccccc2)cc1. The molecule has 2 nitrogen and oxygen atoms in total. The third-order valence-electron chi connectivity index (χ3n) is 3.18. The van der Waals surface area contributed by atoms with Crippen LogP contribution in [0.15, 0.2) is 54.6 Å². The maximum Gasteiger partial charge on any atom is 0.119 e. The van der Waals surface area contributed by atoms with E-state index < -0.39 is 0 Å². The van der Waals surface area contributed by atoms with Crippen molar-refractivity contribution in [1.29, 1.82) is 0 Å². The third-order valence-corrected chi connectivity index (χ3v) is 3.18. The van der Waals surface area contributed by atoms with Crippen molar-refractivity contribution in [2.45, 2.75) is 38.9 Å². The Bertz CT molecular complexity index is 503. The summed E-state index contributed by atoms with van der Waals surface area (Å²) in [6.45, 7) is 3.76. The van der Waals surface area contributed by atoms with Gasteiger partial charge in [0.2, 0.25) is 0 Å². The molecule has 0 aromatic heterocycles. The summed E-state index contributed by atoms with van der Waals surface area (Å²) in [5.41, 5.74) is 2.58. The van der Waals surface area contributed by atoms with Crippen molar-refractivity contribution >= 4 is 0 Å². The van der Waals surface area contributed by atoms with E-state index in [4.69, 9.17) is 4.74 Å². The van der Waals surface area contributed by atoms with Crippen LogP contribution in [0.25, 0.3) is 0 Å². The molecule has 106 valence electrons. The fourth-order valence-electron chi connectivity index (χ4n) is 2.28. The summed E-state index contributed by atoms with van der Waals surface area (Å²) < 4.78 is 5.77. The van der Waals surface area contributed by atoms with E-state index in [0.29, 0.717) is 6.42 Å². The zero-order valence-electron chi connectivity index (χ0n) is 12.1. The molecule has 2 aromatic rings. The zero-order valence-corrected chi connectivity index (χ0v) is 12.1. The number of hydrogen-bond acceptors (Lipinski definition) is 2. The Kier molecular flexibility index (Phi) is 5.19. The molecule has 0 heterocycles. The van der Waals surface area contributed by atoms with E-state index in [9.17, 15) is 5.11 Å². The van der Waals surface area contributed by atoms with E-state index in [1.807, 2.05) is 25.1 Å². The van der Waals surface area contributed by atoms with Crippen LogP contribution in [0, 0.1) is 0 Å². The number of rotatable bonds is 6. The minimum absolute atomic E-state index is 0.0231. The second kappa shape index (κ2) is 7.11. The van der Waals surface area contributed by atoms with Crippen LogP contribution in [-0.4, -0.2) is 17.3 Å². The summed E-state index contributed by atoms with van der Waals surface area (Å²) in [7, 11) is 0. The predicted octanol–water partition coefficient (Wildman–Crippen LogP) is 3.82. The lowest BCUT2D eigenvalue weighted by Crippen LogP contribution is -2.18. The Balaban J connectivity index is 1.93. The Morgan fingerprint density at radius 2 is 1.50 bits per heavy atom. The van der Waals surface area contributed by atoms with Gasteiger partial charge in [0.05, 0.1) is 12.2 Å². The van der Waals surface area contributed by atoms with Crippen LogP contribution in [0.4, 0.5) is 0 Å². The molecule has 0 amide bonds. The third kappa shape index (κ3) is 4.71. The van der Waals surface area contributed by atoms with Crippen LogP contribution in [0.1, 0.15) is 31.4 Å². The van der Waals surface area contributed by atoms with Gasteiger partial charge in [-0.25, -0.2) is 0 Å². The maximum atomic E-state index is 9.33. The molecule has 0 aliphatic carbocycles. The van der Waals surface area contributed by atoms with Crippen molar-refractivity contribution in [2.24, 2.45) is 0 Å². The fourth-order valence-corrected chi connectivity index (χ4v) is 2.28. The summed E-state index contributed by atoms with van der Waals surface area (Å²) >= 11 is 0. The lowest BCUT2D eigenvalue weighted by atomic mass is 10.1. The normalized spacial score (nSPS) is 13.8. The molecule has 2 atom stereocenters. The van der Waals surface area contributed by atoms with Gasteiger partial charge in [-0.15, -0.1) is 0 Å². The molecule has 0 bridgehead atoms. The van der Waals surface area contributed by atoms with Crippen LogP contribution in [0.2, 0.25) is 0 Å². The number of benzene rings is 2. The second-order valence-electron chi connectivity index (χ2n) is 5.32. The van der Waals surface area contributed by atoms with E-state index in [2.05, 4.69) is 36.4 Å². The molecular formula is C18H22O2. The van der Waals surface area contributed by atoms with Gasteiger partial charge in [0.25, 0.3) is 0 Å². The van der Waals surface area contributed by atoms with Crippen molar-refractivity contribution in [3.63, 3.8) is 0 Å². The minimum atomic E-state index is -0.331. The lowest BCUT2D eigenvalue weighted by Gasteiger charge is -2.16. The van der Waals surface area contributed by atoms with E-state index in [1.165, 1.54) is 11.1 Å². The summed E-state index contributed by atoms with van der Waals surface area (Å²) in [5.74, 6) is 0.856. The highest BCUT2D eigenvalue weighted by Crippen LogP contribution is 2.17. The monoisotopic (exact) mass is 270 g/mol. The average molecular weight is 270 g/mol. The molecule has 0 aliphatic heterocycles. The van der Waals surface area contributed by atoms with Gasteiger partial charge in [-0.3, -0.25) is 0 Å². The number of aliphatic hydroxyl groups excluding tert-OH is 1. The van der Waals surface area contributed by atoms with Gasteiger partial charge in [-0.05, 0) is 43.5 Å². The first-order valence-electron chi connectivity index (χ1n) is 7.11. The van der Waals surface area contributed by atoms with Crippen molar-refractivity contribution in [3.05, 3.63) is 65.7 Å². The topological polar surface area (TPSA) is 29.5 Å². The van der Waals surface area contributed by atoms with E-state index in [0.717, 1.165) is 12.2 Å². The highest BCUT2D eigenvalue weighted by Gasteiger charge is 2.07. The van der Waals surface area contributed by atoms with E-state index >= 15 is 0 Å². The molecule has 2 rings (SSSR count). The highest BCUT2D eigenvalue weighted by molar-refractivity contribution is 5.31. The summed E-state index contributed by atoms with van der Waals surface area (Å²) in [5, 5.41) is 9.33. The molecule has 2 unspecified atom stereocenters. The minimum Gasteiger partial charge on any atom is -0.491 e. The molecule has 0 saturated heterocycles. The fraction of sp³-hybridized carbons (Fsp3) is 0.333. The first-order chi connectivity index (χ1) is 9.63. The number of hydrogen-bond donors (Lipinski definition) is 1. The van der Waals surface area contributed by atoms with E-state index in [-0.39, 0.29) is 12.2 Å². The van der Waals surface area contributed by atoms with Crippen molar-refractivity contribution in [1.82, 2.24) is 0 Å². The van der Waals surface area contributed by atoms with Gasteiger partial charge in [-0.1, -0.05) is 42.5 Å². The Hall–Kier alpha value is -1.80. The summed E-state index contributed by atoms with van der Waals surface area (Å²) in [4.78, 5) is 0. The molecule has 20 heavy (non-hydrogen) atoms. The molecule has 0 aliphatic rings. The van der Waals surface area contributed by atoms with Gasteiger partial charge >= 0.3 is 0 Å². The Morgan fingerprint density at radius 3 is 2.10 bits per heavy atom. The van der Waals surface area contributed by atoms with Gasteiger partial charge < -0.3 is 9.84 Å². The molecule has 0 radical (unpaired) electrons. The maximum absolute atomic E-state index is 9.33. The zero-order chi connectivity index (χ0) is 14.4. The van der Waals surface area contributed by atoms with Gasteiger partial charge in [-0.2, -0.15) is 0 Å². The van der Waals surface area contributed by atoms with Crippen LogP contribution in [-0.2, 0) is 6.42 Å². The molecule has 0 spiro atoms. The Morgan fingerprint density at radius 1 is 0.900 bits per heavy atom. The van der Waals surface area contributed by atoms with Crippen LogP contribution in [0.3, 0.4) is 0 Å². The first-order valence-corrected chi connectivity index (χ1v) is 7.11. The predicted molar refractivity (Wildman–Crippen MR) is 82.1 cm³/mol. The first kappa shape index (κ1) is 14.6. The largest absolute Gasteiger partial charge is 0.491 e. The van der Waals surface area contributed by atoms with Crippen LogP contribution in [0.5, 0.6) is 5.75 Å². The standard InChI is InChI=1S/C18H22O2/c1-14(19)12-15(2)20-18-10-8-17(9-11-18)13-16-6-4-3-5-7-16/h3-11,14-15,19H,12-13H2,1-2H3. The van der Waals surface area contributed by atoms with Crippen molar-refractivity contribution in [2.75, 3.05) is 0 Å². The van der Waals surface area contributed by atoms with Gasteiger partial charge in [0.1, 0.15) is 5.75 Å². The van der Waals surface area contributed by atoms with E-state index in [1.54, 1.807) is 6.92 Å². The van der Waals surface area contributed by atoms with Crippen LogP contribution >= 0.6 is 0 Å². The average Bonchev–Trinajstić information content (AvgIpc) is 2.41. The van der Waals surface area contributed by atoms with Crippen molar-refractivity contribution < 1.29 is 9.84 Å². The Labute approximate surface area is 121 Å². The van der Waals surface area contributed by atoms with Crippen LogP contribution < -0.4 is 4.74 Å². The smallest absolute Gasteiger partial charge is 0.119 e. The molecule has 2 aromatic carbocycles. The van der Waals surface area contributed by atoms with Crippen molar-refractivity contribution in [3.8, 4) is 5.75 Å². The van der Waals surface area contributed by atoms with Gasteiger partial charge in [0.15, 0.2) is 0 Å². The lowest BCUT2D eigenvalue weighted by molar-refractivity contribution is 0.115. The molecule has 2 heteroatoms. The molecular weight excluding hydrogens is 248 g/mol. The molecule has 0 saturated carbocycles. The highest BCUT2D eigenvalue weighted by atomic mass is 16.5. The summed E-state index contributed by atoms with van der Waals surface area (Å²) in [6, 6.07) is 18.6. The second-order valence-corrected chi connectivity index (χ2v) is 5.32. The quantitative estimate of drug-likeness (QED) is 0.864. The summed E-state index contributed by atoms with van der Waals surface area (Å²) in [6.07, 6.45) is 1.27. The van der Waals surface area contributed by atoms with Gasteiger partial charge in [0, 0.05) is 6.42 Å². The number of ether oxygens (including phenoxy) is 1.